The summed E-state index contributed by atoms with van der Waals surface area (Å²) in [7, 11) is 0. The Kier molecular flexibility index (Phi) is 3.31. The highest BCUT2D eigenvalue weighted by Gasteiger charge is 2.15. The van der Waals surface area contributed by atoms with Gasteiger partial charge < -0.3 is 9.73 Å². The molecule has 1 amide bonds. The number of oxazole rings is 1. The lowest BCUT2D eigenvalue weighted by atomic mass is 10.2. The van der Waals surface area contributed by atoms with Gasteiger partial charge >= 0.3 is 0 Å². The molecule has 0 unspecified atom stereocenters. The number of amides is 1. The van der Waals surface area contributed by atoms with Crippen LogP contribution in [-0.2, 0) is 4.79 Å². The van der Waals surface area contributed by atoms with Gasteiger partial charge in [-0.25, -0.2) is 4.98 Å². The fourth-order valence-corrected chi connectivity index (χ4v) is 2.43. The molecule has 1 heterocycles. The number of rotatable bonds is 3. The summed E-state index contributed by atoms with van der Waals surface area (Å²) in [4.78, 5) is 16.0. The number of benzene rings is 1. The maximum absolute atomic E-state index is 11.7. The normalized spacial score (nSPS) is 16.4. The second-order valence-corrected chi connectivity index (χ2v) is 4.84. The van der Waals surface area contributed by atoms with Gasteiger partial charge in [0.2, 0.25) is 11.8 Å². The third-order valence-electron chi connectivity index (χ3n) is 3.39. The molecule has 1 aromatic heterocycles. The van der Waals surface area contributed by atoms with Crippen molar-refractivity contribution in [2.45, 2.75) is 31.7 Å². The molecule has 4 nitrogen and oxygen atoms in total. The molecule has 0 spiro atoms. The minimum atomic E-state index is -0.0749. The minimum Gasteiger partial charge on any atom is -0.437 e. The van der Waals surface area contributed by atoms with Crippen LogP contribution in [0.4, 0.5) is 0 Å². The van der Waals surface area contributed by atoms with Gasteiger partial charge in [-0.15, -0.1) is 0 Å². The van der Waals surface area contributed by atoms with Gasteiger partial charge in [-0.1, -0.05) is 25.0 Å². The van der Waals surface area contributed by atoms with E-state index in [1.165, 1.54) is 18.9 Å². The largest absolute Gasteiger partial charge is 0.437 e. The van der Waals surface area contributed by atoms with Crippen LogP contribution in [0.2, 0.25) is 0 Å². The first-order valence-electron chi connectivity index (χ1n) is 6.65. The Balaban J connectivity index is 1.66. The van der Waals surface area contributed by atoms with Gasteiger partial charge in [-0.2, -0.15) is 0 Å². The van der Waals surface area contributed by atoms with Gasteiger partial charge in [-0.05, 0) is 25.0 Å². The molecule has 2 aromatic rings. The Morgan fingerprint density at radius 3 is 2.89 bits per heavy atom. The molecule has 4 heteroatoms. The number of carbonyl (C=O) groups excluding carboxylic acids is 1. The Morgan fingerprint density at radius 1 is 1.32 bits per heavy atom. The average molecular weight is 256 g/mol. The number of carbonyl (C=O) groups is 1. The summed E-state index contributed by atoms with van der Waals surface area (Å²) in [5.74, 6) is 0.386. The van der Waals surface area contributed by atoms with Gasteiger partial charge in [0.25, 0.3) is 0 Å². The Hall–Kier alpha value is -2.10. The molecule has 1 N–H and O–H groups in total. The Bertz CT molecular complexity index is 576. The van der Waals surface area contributed by atoms with Crippen LogP contribution in [-0.4, -0.2) is 16.9 Å². The molecule has 0 aliphatic heterocycles. The fourth-order valence-electron chi connectivity index (χ4n) is 2.43. The third kappa shape index (κ3) is 2.84. The maximum Gasteiger partial charge on any atom is 0.244 e. The van der Waals surface area contributed by atoms with Crippen molar-refractivity contribution < 1.29 is 9.21 Å². The molecule has 0 atom stereocenters. The SMILES string of the molecule is O=C(/C=C/c1nc2ccccc2o1)NC1CCCC1. The van der Waals surface area contributed by atoms with Gasteiger partial charge in [0.1, 0.15) is 5.52 Å². The highest BCUT2D eigenvalue weighted by atomic mass is 16.3. The number of hydrogen-bond acceptors (Lipinski definition) is 3. The van der Waals surface area contributed by atoms with E-state index in [9.17, 15) is 4.79 Å². The Morgan fingerprint density at radius 2 is 2.11 bits per heavy atom. The topological polar surface area (TPSA) is 55.1 Å². The van der Waals surface area contributed by atoms with Crippen LogP contribution in [0.3, 0.4) is 0 Å². The first kappa shape index (κ1) is 12.0. The van der Waals surface area contributed by atoms with Crippen molar-refractivity contribution in [2.75, 3.05) is 0 Å². The molecule has 1 aromatic carbocycles. The van der Waals surface area contributed by atoms with Gasteiger partial charge in [0.15, 0.2) is 5.58 Å². The van der Waals surface area contributed by atoms with Crippen LogP contribution in [0.1, 0.15) is 31.6 Å². The summed E-state index contributed by atoms with van der Waals surface area (Å²) in [5, 5.41) is 2.99. The van der Waals surface area contributed by atoms with E-state index >= 15 is 0 Å². The molecular formula is C15H16N2O2. The summed E-state index contributed by atoms with van der Waals surface area (Å²) in [6.45, 7) is 0. The maximum atomic E-state index is 11.7. The van der Waals surface area contributed by atoms with Crippen LogP contribution >= 0.6 is 0 Å². The first-order chi connectivity index (χ1) is 9.31. The van der Waals surface area contributed by atoms with Crippen LogP contribution in [0.15, 0.2) is 34.8 Å². The van der Waals surface area contributed by atoms with Crippen molar-refractivity contribution in [2.24, 2.45) is 0 Å². The van der Waals surface area contributed by atoms with E-state index < -0.39 is 0 Å². The van der Waals surface area contributed by atoms with E-state index in [4.69, 9.17) is 4.42 Å². The first-order valence-corrected chi connectivity index (χ1v) is 6.65. The molecule has 1 saturated carbocycles. The summed E-state index contributed by atoms with van der Waals surface area (Å²) in [6.07, 6.45) is 7.69. The van der Waals surface area contributed by atoms with Gasteiger partial charge in [0, 0.05) is 18.2 Å². The summed E-state index contributed by atoms with van der Waals surface area (Å²) in [6, 6.07) is 7.88. The predicted octanol–water partition coefficient (Wildman–Crippen LogP) is 2.90. The number of nitrogens with zero attached hydrogens (tertiary/aromatic N) is 1. The number of para-hydroxylation sites is 2. The molecule has 19 heavy (non-hydrogen) atoms. The van der Waals surface area contributed by atoms with Crippen molar-refractivity contribution in [3.05, 3.63) is 36.2 Å². The highest BCUT2D eigenvalue weighted by Crippen LogP contribution is 2.18. The molecule has 98 valence electrons. The van der Waals surface area contributed by atoms with Crippen molar-refractivity contribution in [3.8, 4) is 0 Å². The summed E-state index contributed by atoms with van der Waals surface area (Å²) in [5.41, 5.74) is 1.54. The van der Waals surface area contributed by atoms with E-state index in [0.717, 1.165) is 23.9 Å². The van der Waals surface area contributed by atoms with Crippen LogP contribution in [0, 0.1) is 0 Å². The molecule has 0 saturated heterocycles. The lowest BCUT2D eigenvalue weighted by molar-refractivity contribution is -0.117. The van der Waals surface area contributed by atoms with Crippen LogP contribution in [0.25, 0.3) is 17.2 Å². The quantitative estimate of drug-likeness (QED) is 0.859. The smallest absolute Gasteiger partial charge is 0.244 e. The van der Waals surface area contributed by atoms with E-state index in [0.29, 0.717) is 11.9 Å². The van der Waals surface area contributed by atoms with Crippen molar-refractivity contribution in [1.29, 1.82) is 0 Å². The molecule has 1 fully saturated rings. The zero-order chi connectivity index (χ0) is 13.1. The zero-order valence-electron chi connectivity index (χ0n) is 10.6. The molecule has 0 radical (unpaired) electrons. The third-order valence-corrected chi connectivity index (χ3v) is 3.39. The number of hydrogen-bond donors (Lipinski definition) is 1. The minimum absolute atomic E-state index is 0.0749. The van der Waals surface area contributed by atoms with Gasteiger partial charge in [-0.3, -0.25) is 4.79 Å². The second kappa shape index (κ2) is 5.26. The van der Waals surface area contributed by atoms with Crippen molar-refractivity contribution in [1.82, 2.24) is 10.3 Å². The van der Waals surface area contributed by atoms with E-state index in [-0.39, 0.29) is 5.91 Å². The van der Waals surface area contributed by atoms with E-state index in [1.807, 2.05) is 24.3 Å². The molecule has 0 bridgehead atoms. The summed E-state index contributed by atoms with van der Waals surface area (Å²) >= 11 is 0. The molecule has 1 aliphatic rings. The Labute approximate surface area is 111 Å². The van der Waals surface area contributed by atoms with E-state index in [2.05, 4.69) is 10.3 Å². The number of fused-ring (bicyclic) bond motifs is 1. The standard InChI is InChI=1S/C15H16N2O2/c18-14(16-11-5-1-2-6-11)9-10-15-17-12-7-3-4-8-13(12)19-15/h3-4,7-11H,1-2,5-6H2,(H,16,18)/b10-9+. The predicted molar refractivity (Wildman–Crippen MR) is 73.4 cm³/mol. The number of aromatic nitrogens is 1. The molecule has 1 aliphatic carbocycles. The van der Waals surface area contributed by atoms with Crippen LogP contribution < -0.4 is 5.32 Å². The lowest BCUT2D eigenvalue weighted by Gasteiger charge is -2.08. The fraction of sp³-hybridized carbons (Fsp3) is 0.333. The monoisotopic (exact) mass is 256 g/mol. The van der Waals surface area contributed by atoms with Crippen LogP contribution in [0.5, 0.6) is 0 Å². The summed E-state index contributed by atoms with van der Waals surface area (Å²) < 4.78 is 5.51. The van der Waals surface area contributed by atoms with E-state index in [1.54, 1.807) is 6.08 Å². The highest BCUT2D eigenvalue weighted by molar-refractivity contribution is 5.91. The second-order valence-electron chi connectivity index (χ2n) is 4.84. The number of nitrogens with one attached hydrogen (secondary N) is 1. The molecule has 3 rings (SSSR count). The van der Waals surface area contributed by atoms with Crippen molar-refractivity contribution >= 4 is 23.1 Å². The zero-order valence-corrected chi connectivity index (χ0v) is 10.6. The van der Waals surface area contributed by atoms with Crippen molar-refractivity contribution in [3.63, 3.8) is 0 Å². The van der Waals surface area contributed by atoms with Gasteiger partial charge in [0.05, 0.1) is 0 Å². The lowest BCUT2D eigenvalue weighted by Crippen LogP contribution is -2.30. The molecular weight excluding hydrogens is 240 g/mol. The average Bonchev–Trinajstić information content (AvgIpc) is 3.04.